The number of halogens is 1. The Bertz CT molecular complexity index is 4030. The largest absolute Gasteiger partial charge is 1.00 e. The smallest absolute Gasteiger partial charge is 0.747 e. The Morgan fingerprint density at radius 1 is 0.649 bits per heavy atom. The number of hydrogen-bond acceptors (Lipinski definition) is 31. The summed E-state index contributed by atoms with van der Waals surface area (Å²) < 4.78 is 119. The summed E-state index contributed by atoms with van der Waals surface area (Å²) in [4.78, 5) is 163. The van der Waals surface area contributed by atoms with Crippen LogP contribution in [0.15, 0.2) is 72.9 Å². The summed E-state index contributed by atoms with van der Waals surface area (Å²) >= 11 is 6.18. The van der Waals surface area contributed by atoms with E-state index >= 15 is 0 Å². The molecular formula is C66H95ClN14Na4O25S4. The molecule has 11 atom stereocenters. The van der Waals surface area contributed by atoms with E-state index in [9.17, 15) is 88.9 Å². The molecule has 1 aliphatic rings. The van der Waals surface area contributed by atoms with E-state index in [0.717, 1.165) is 6.92 Å². The van der Waals surface area contributed by atoms with Crippen LogP contribution < -0.4 is 187 Å². The maximum Gasteiger partial charge on any atom is 1.00 e. The molecule has 3 aromatic rings. The third-order valence-electron chi connectivity index (χ3n) is 16.3. The third kappa shape index (κ3) is 47.9. The molecule has 2 heterocycles. The van der Waals surface area contributed by atoms with Gasteiger partial charge in [-0.25, -0.2) is 16.8 Å². The number of nitrogens with one attached hydrogen (secondary N) is 13. The van der Waals surface area contributed by atoms with Crippen molar-refractivity contribution in [2.75, 3.05) is 64.2 Å². The number of aromatic nitrogens is 1. The molecule has 114 heavy (non-hydrogen) atoms. The number of ketones is 3. The Morgan fingerprint density at radius 2 is 1.18 bits per heavy atom. The number of aliphatic hydroxyl groups excluding tert-OH is 2. The summed E-state index contributed by atoms with van der Waals surface area (Å²) in [5, 5.41) is 55.4. The number of benzene rings is 2. The first-order valence-electron chi connectivity index (χ1n) is 34.3. The predicted octanol–water partition coefficient (Wildman–Crippen LogP) is -16.6. The molecule has 0 aliphatic carbocycles. The van der Waals surface area contributed by atoms with Crippen LogP contribution in [0.25, 0.3) is 11.3 Å². The van der Waals surface area contributed by atoms with Gasteiger partial charge in [0.05, 0.1) is 42.1 Å². The van der Waals surface area contributed by atoms with Gasteiger partial charge in [0.2, 0.25) is 47.3 Å². The van der Waals surface area contributed by atoms with Gasteiger partial charge in [-0.15, -0.1) is 25.3 Å². The summed E-state index contributed by atoms with van der Waals surface area (Å²) in [6.45, 7) is 4.32. The van der Waals surface area contributed by atoms with Gasteiger partial charge in [0, 0.05) is 60.0 Å². The second-order valence-corrected chi connectivity index (χ2v) is 29.5. The number of carbonyl (C=O) groups excluding carboxylic acids is 11. The van der Waals surface area contributed by atoms with Crippen LogP contribution in [0, 0.1) is 37.8 Å². The zero-order chi connectivity index (χ0) is 82.8. The van der Waals surface area contributed by atoms with Gasteiger partial charge in [0.25, 0.3) is 0 Å². The maximum atomic E-state index is 14.8. The van der Waals surface area contributed by atoms with Gasteiger partial charge in [0.15, 0.2) is 17.3 Å². The minimum atomic E-state index is -4.83. The molecule has 4 rings (SSSR count). The molecule has 0 bridgehead atoms. The summed E-state index contributed by atoms with van der Waals surface area (Å²) in [6, 6.07) is 6.64. The third-order valence-corrected chi connectivity index (χ3v) is 17.6. The fourth-order valence-electron chi connectivity index (χ4n) is 10.9. The second kappa shape index (κ2) is 60.8. The monoisotopic (exact) mass is 1740 g/mol. The first kappa shape index (κ1) is 114. The molecule has 0 radical (unpaired) electrons. The van der Waals surface area contributed by atoms with Crippen LogP contribution >= 0.6 is 11.6 Å². The van der Waals surface area contributed by atoms with Crippen LogP contribution in [0.4, 0.5) is 0 Å². The van der Waals surface area contributed by atoms with Gasteiger partial charge in [-0.3, -0.25) is 71.8 Å². The van der Waals surface area contributed by atoms with E-state index in [1.807, 2.05) is 0 Å². The van der Waals surface area contributed by atoms with Crippen molar-refractivity contribution in [2.45, 2.75) is 140 Å². The minimum absolute atomic E-state index is 0. The molecular weight excluding hydrogens is 1640 g/mol. The van der Waals surface area contributed by atoms with Crippen molar-refractivity contribution < 1.29 is 232 Å². The van der Waals surface area contributed by atoms with Crippen LogP contribution in [0.3, 0.4) is 0 Å². The van der Waals surface area contributed by atoms with Crippen molar-refractivity contribution in [1.29, 1.82) is 0 Å². The van der Waals surface area contributed by atoms with Crippen LogP contribution in [-0.2, 0) is 95.8 Å². The van der Waals surface area contributed by atoms with Crippen molar-refractivity contribution in [2.24, 2.45) is 23.7 Å². The van der Waals surface area contributed by atoms with Gasteiger partial charge in [-0.1, -0.05) is 74.8 Å². The van der Waals surface area contributed by atoms with Gasteiger partial charge >= 0.3 is 139 Å². The van der Waals surface area contributed by atoms with Crippen molar-refractivity contribution >= 4 is 118 Å². The Hall–Kier alpha value is -4.57. The van der Waals surface area contributed by atoms with E-state index in [1.54, 1.807) is 75.4 Å². The number of pyridine rings is 1. The molecule has 2 aromatic carbocycles. The zero-order valence-electron chi connectivity index (χ0n) is 64.7. The molecule has 1 aromatic heterocycles. The Balaban J connectivity index is -0.00000977. The standard InChI is InChI=1S/C66H97ClN14O19S2.4Na.2O3S/c1-7-70-24-19-49-62(90)78-50(20-25-72-38-102(98,99)100)65(93)81-58(40(4)83)66(94)74-27-21-51(63(91)77-48(18-22-68-5)64(92)79-53(29-41-12-9-8-10-13-41)56(85)33-45(28-39(2)3)60(88)75-49)76-61(89)46(35-69-6)34-57(86)54(36-82)80-59(87)44(16-23-71-37-101(95,96)97)32-55(84)43-17-26-73-52(31-43)42-14-11-15-47(67)30-42;;;;;2*1-4(2)3/h8-15,17,26,30-31,39-40,44-46,48-51,53-54,58,68-72,82-83H,5-7,16,18-25,27-29,32-38H2,1-4H3,(H,74,94)(H,75,88)(H,76,89)(H,77,91)(H,78,90)(H,79,92)(H,80,87)(H,81,93)(H,95,96,97)(H,98,99,100);;;;;;/q-2;4*+1;;/p-2/t40-,44-,45-,46+,48+,49+,50+,51+,53-,54+,58+;;;;;;/m1....../s1. The van der Waals surface area contributed by atoms with Crippen LogP contribution in [0.2, 0.25) is 5.02 Å². The Kier molecular flexibility index (Phi) is 60.6. The zero-order valence-corrected chi connectivity index (χ0v) is 76.7. The quantitative estimate of drug-likeness (QED) is 0.00845. The number of Topliss-reactive ketones (excluding diaryl/α,β-unsaturated/α-hetero) is 3. The minimum Gasteiger partial charge on any atom is -0.747 e. The maximum absolute atomic E-state index is 14.8. The number of aliphatic hydroxyl groups is 2. The van der Waals surface area contributed by atoms with E-state index in [-0.39, 0.29) is 181 Å². The molecule has 48 heteroatoms. The summed E-state index contributed by atoms with van der Waals surface area (Å²) in [7, 11) is -8.64. The first-order valence-corrected chi connectivity index (χ1v) is 39.8. The topological polar surface area (TPSA) is 614 Å². The first-order chi connectivity index (χ1) is 51.7. The normalized spacial score (nSPS) is 19.1. The van der Waals surface area contributed by atoms with E-state index in [4.69, 9.17) is 36.9 Å². The van der Waals surface area contributed by atoms with Crippen LogP contribution in [0.5, 0.6) is 0 Å². The van der Waals surface area contributed by atoms with Gasteiger partial charge in [-0.2, -0.15) is 0 Å². The summed E-state index contributed by atoms with van der Waals surface area (Å²) in [5.74, 6) is -16.4. The molecule has 0 spiro atoms. The molecule has 39 nitrogen and oxygen atoms in total. The van der Waals surface area contributed by atoms with Crippen molar-refractivity contribution in [3.05, 3.63) is 103 Å². The van der Waals surface area contributed by atoms with E-state index in [0.29, 0.717) is 28.4 Å². The number of hydrogen-bond donors (Lipinski definition) is 15. The SMILES string of the molecule is O=S(=O)=O.O=S(=O)=O.[CH2-]NCC[C@@H]1NC(=O)[C@@H](NC(=O)[C@H](CN[CH2-])CC(=O)[C@H](CO)NC(=O)[C@H](CCNCS(=O)(=O)[O-])CC(=O)c2ccnc(-c3cccc(Cl)c3)c2)CCNC(=O)[C@H]([C@@H](C)O)NC(=O)[C@H](CCNCS(=O)(=O)[O-])NC(=O)[C@H](CCNCC)NC(=O)[C@H](CC(C)C)CC(=O)[C@@H](Cc2ccccc2)NC1=O.[Na+].[Na+].[Na+].[Na+]. The average Bonchev–Trinajstić information content (AvgIpc) is 0.933. The Labute approximate surface area is 758 Å². The van der Waals surface area contributed by atoms with Crippen LogP contribution in [-0.4, -0.2) is 244 Å². The summed E-state index contributed by atoms with van der Waals surface area (Å²) in [5.41, 5.74) is 1.59. The molecule has 15 N–H and O–H groups in total. The number of nitrogens with zero attached hydrogens (tertiary/aromatic N) is 1. The number of rotatable bonds is 36. The molecule has 0 unspecified atom stereocenters. The molecule has 614 valence electrons. The van der Waals surface area contributed by atoms with Crippen molar-refractivity contribution in [3.63, 3.8) is 0 Å². The Morgan fingerprint density at radius 3 is 1.71 bits per heavy atom. The number of amides is 8. The van der Waals surface area contributed by atoms with Crippen LogP contribution in [0.1, 0.15) is 101 Å². The van der Waals surface area contributed by atoms with Gasteiger partial charge in [-0.05, 0) is 127 Å². The fourth-order valence-corrected chi connectivity index (χ4v) is 11.9. The predicted molar refractivity (Wildman–Crippen MR) is 391 cm³/mol. The van der Waals surface area contributed by atoms with Gasteiger partial charge < -0.3 is 88.4 Å². The molecule has 1 saturated heterocycles. The molecule has 1 fully saturated rings. The number of carbonyl (C=O) groups is 11. The molecule has 1 aliphatic heterocycles. The van der Waals surface area contributed by atoms with E-state index < -0.39 is 242 Å². The fraction of sp³-hybridized carbons (Fsp3) is 0.545. The van der Waals surface area contributed by atoms with Crippen molar-refractivity contribution in [3.8, 4) is 11.3 Å². The van der Waals surface area contributed by atoms with Gasteiger partial charge in [0.1, 0.15) is 56.5 Å². The van der Waals surface area contributed by atoms with E-state index in [1.165, 1.54) is 18.3 Å². The van der Waals surface area contributed by atoms with E-state index in [2.05, 4.69) is 88.2 Å². The van der Waals surface area contributed by atoms with Crippen molar-refractivity contribution in [1.82, 2.24) is 74.1 Å². The molecule has 8 amide bonds. The summed E-state index contributed by atoms with van der Waals surface area (Å²) in [6.07, 6.45) is -3.77. The average molecular weight is 1740 g/mol. The second-order valence-electron chi connectivity index (χ2n) is 25.4. The molecule has 0 saturated carbocycles.